The number of likely N-dealkylation sites (tertiary alicyclic amines) is 1. The molecule has 0 aromatic heterocycles. The molecule has 0 saturated carbocycles. The lowest BCUT2D eigenvalue weighted by Crippen LogP contribution is -2.52. The van der Waals surface area contributed by atoms with Crippen molar-refractivity contribution in [2.45, 2.75) is 51.7 Å². The van der Waals surface area contributed by atoms with E-state index in [4.69, 9.17) is 9.47 Å². The third-order valence-corrected chi connectivity index (χ3v) is 4.69. The standard InChI is InChI=1S/C19H29NO4.N/c1-13-17(12-21)16(14-6-8-15(23-5)9-7-14)10-11-20(13)18(22)24-19(2,3)4;/h6-9,13,16-17,21H,10-12H2,1-5H3;. The average molecular weight is 349 g/mol. The highest BCUT2D eigenvalue weighted by Gasteiger charge is 2.39. The zero-order chi connectivity index (χ0) is 17.9. The number of piperidine rings is 1. The van der Waals surface area contributed by atoms with Crippen LogP contribution in [0.25, 0.3) is 0 Å². The molecular weight excluding hydrogens is 320 g/mol. The molecule has 25 heavy (non-hydrogen) atoms. The molecule has 3 unspecified atom stereocenters. The first-order chi connectivity index (χ1) is 11.3. The van der Waals surface area contributed by atoms with E-state index in [1.54, 1.807) is 12.0 Å². The molecule has 0 spiro atoms. The SMILES string of the molecule is COc1ccc(C2CCN(C(=O)OC(C)(C)C)C(C)C2CO)cc1.[N]. The van der Waals surface area contributed by atoms with Gasteiger partial charge in [0.25, 0.3) is 0 Å². The van der Waals surface area contributed by atoms with Gasteiger partial charge < -0.3 is 19.5 Å². The fourth-order valence-corrected chi connectivity index (χ4v) is 3.39. The topological polar surface area (TPSA) is 89.5 Å². The van der Waals surface area contributed by atoms with Gasteiger partial charge in [0.2, 0.25) is 0 Å². The maximum Gasteiger partial charge on any atom is 0.410 e. The number of ether oxygens (including phenoxy) is 2. The number of aliphatic hydroxyl groups is 1. The van der Waals surface area contributed by atoms with E-state index < -0.39 is 5.60 Å². The third kappa shape index (κ3) is 5.09. The van der Waals surface area contributed by atoms with E-state index in [1.165, 1.54) is 5.56 Å². The van der Waals surface area contributed by atoms with Crippen LogP contribution in [0, 0.1) is 5.92 Å². The fourth-order valence-electron chi connectivity index (χ4n) is 3.39. The van der Waals surface area contributed by atoms with Gasteiger partial charge in [0.1, 0.15) is 11.4 Å². The Labute approximate surface area is 150 Å². The maximum atomic E-state index is 12.4. The molecule has 1 aliphatic rings. The van der Waals surface area contributed by atoms with E-state index in [1.807, 2.05) is 52.0 Å². The Kier molecular flexibility index (Phi) is 7.26. The fraction of sp³-hybridized carbons (Fsp3) is 0.632. The van der Waals surface area contributed by atoms with Crippen molar-refractivity contribution in [2.75, 3.05) is 20.3 Å². The van der Waals surface area contributed by atoms with E-state index >= 15 is 0 Å². The number of nitrogens with zero attached hydrogens (tertiary/aromatic N) is 2. The summed E-state index contributed by atoms with van der Waals surface area (Å²) < 4.78 is 10.7. The highest BCUT2D eigenvalue weighted by Crippen LogP contribution is 2.37. The van der Waals surface area contributed by atoms with Crippen LogP contribution in [-0.4, -0.2) is 48.0 Å². The summed E-state index contributed by atoms with van der Waals surface area (Å²) in [4.78, 5) is 14.2. The normalized spacial score (nSPS) is 23.6. The molecular formula is C19H29N2O4. The van der Waals surface area contributed by atoms with Crippen molar-refractivity contribution < 1.29 is 19.4 Å². The lowest BCUT2D eigenvalue weighted by atomic mass is 9.77. The van der Waals surface area contributed by atoms with Gasteiger partial charge in [0, 0.05) is 31.3 Å². The van der Waals surface area contributed by atoms with E-state index in [-0.39, 0.29) is 36.7 Å². The predicted molar refractivity (Wildman–Crippen MR) is 95.5 cm³/mol. The highest BCUT2D eigenvalue weighted by molar-refractivity contribution is 5.68. The molecule has 6 nitrogen and oxygen atoms in total. The monoisotopic (exact) mass is 349 g/mol. The first kappa shape index (κ1) is 21.3. The molecule has 1 amide bonds. The zero-order valence-corrected chi connectivity index (χ0v) is 15.7. The molecule has 139 valence electrons. The van der Waals surface area contributed by atoms with E-state index in [0.29, 0.717) is 6.54 Å². The van der Waals surface area contributed by atoms with Crippen LogP contribution in [0.15, 0.2) is 24.3 Å². The number of hydrogen-bond acceptors (Lipinski definition) is 4. The quantitative estimate of drug-likeness (QED) is 0.908. The van der Waals surface area contributed by atoms with Crippen molar-refractivity contribution in [3.8, 4) is 5.75 Å². The van der Waals surface area contributed by atoms with Crippen LogP contribution in [0.3, 0.4) is 0 Å². The second kappa shape index (κ2) is 8.54. The molecule has 3 atom stereocenters. The van der Waals surface area contributed by atoms with Crippen LogP contribution in [-0.2, 0) is 4.74 Å². The third-order valence-electron chi connectivity index (χ3n) is 4.69. The minimum atomic E-state index is -0.516. The first-order valence-electron chi connectivity index (χ1n) is 8.51. The number of aliphatic hydroxyl groups excluding tert-OH is 1. The largest absolute Gasteiger partial charge is 0.497 e. The molecule has 0 bridgehead atoms. The summed E-state index contributed by atoms with van der Waals surface area (Å²) >= 11 is 0. The lowest BCUT2D eigenvalue weighted by Gasteiger charge is -2.43. The number of methoxy groups -OCH3 is 1. The van der Waals surface area contributed by atoms with Crippen LogP contribution in [0.2, 0.25) is 0 Å². The summed E-state index contributed by atoms with van der Waals surface area (Å²) in [7, 11) is 1.65. The Morgan fingerprint density at radius 2 is 1.88 bits per heavy atom. The summed E-state index contributed by atoms with van der Waals surface area (Å²) in [5.74, 6) is 1.02. The van der Waals surface area contributed by atoms with Crippen molar-refractivity contribution in [1.29, 1.82) is 0 Å². The molecule has 1 aliphatic heterocycles. The summed E-state index contributed by atoms with van der Waals surface area (Å²) in [6.45, 7) is 8.25. The summed E-state index contributed by atoms with van der Waals surface area (Å²) in [6.07, 6.45) is 0.503. The van der Waals surface area contributed by atoms with Crippen molar-refractivity contribution in [1.82, 2.24) is 11.1 Å². The van der Waals surface area contributed by atoms with Gasteiger partial charge in [0.15, 0.2) is 0 Å². The van der Waals surface area contributed by atoms with Crippen molar-refractivity contribution in [3.05, 3.63) is 29.8 Å². The number of amides is 1. The van der Waals surface area contributed by atoms with Crippen LogP contribution < -0.4 is 10.9 Å². The lowest BCUT2D eigenvalue weighted by molar-refractivity contribution is -0.00762. The van der Waals surface area contributed by atoms with Crippen molar-refractivity contribution in [2.24, 2.45) is 5.92 Å². The number of rotatable bonds is 3. The van der Waals surface area contributed by atoms with Gasteiger partial charge in [-0.15, -0.1) is 0 Å². The molecule has 1 aromatic rings. The average Bonchev–Trinajstić information content (AvgIpc) is 2.52. The van der Waals surface area contributed by atoms with Gasteiger partial charge in [-0.05, 0) is 57.7 Å². The molecule has 1 N–H and O–H groups in total. The summed E-state index contributed by atoms with van der Waals surface area (Å²) in [6, 6.07) is 7.89. The minimum Gasteiger partial charge on any atom is -0.497 e. The Balaban J connectivity index is 0.00000312. The molecule has 0 aliphatic carbocycles. The molecule has 1 saturated heterocycles. The van der Waals surface area contributed by atoms with Gasteiger partial charge in [-0.3, -0.25) is 0 Å². The van der Waals surface area contributed by atoms with E-state index in [0.717, 1.165) is 12.2 Å². The number of carbonyl (C=O) groups is 1. The summed E-state index contributed by atoms with van der Waals surface area (Å²) in [5.41, 5.74) is 0.656. The number of benzene rings is 1. The second-order valence-corrected chi connectivity index (χ2v) is 7.43. The second-order valence-electron chi connectivity index (χ2n) is 7.43. The molecule has 1 fully saturated rings. The van der Waals surface area contributed by atoms with Gasteiger partial charge >= 0.3 is 6.09 Å². The van der Waals surface area contributed by atoms with Gasteiger partial charge in [-0.2, -0.15) is 0 Å². The Morgan fingerprint density at radius 3 is 2.36 bits per heavy atom. The first-order valence-corrected chi connectivity index (χ1v) is 8.51. The van der Waals surface area contributed by atoms with Gasteiger partial charge in [0.05, 0.1) is 7.11 Å². The minimum absolute atomic E-state index is 0. The molecule has 6 heteroatoms. The van der Waals surface area contributed by atoms with Crippen LogP contribution in [0.4, 0.5) is 4.79 Å². The van der Waals surface area contributed by atoms with Gasteiger partial charge in [-0.25, -0.2) is 4.79 Å². The van der Waals surface area contributed by atoms with Crippen LogP contribution in [0.5, 0.6) is 5.75 Å². The zero-order valence-electron chi connectivity index (χ0n) is 15.7. The number of carbonyl (C=O) groups excluding carboxylic acids is 1. The van der Waals surface area contributed by atoms with Crippen LogP contribution in [0.1, 0.15) is 45.6 Å². The maximum absolute atomic E-state index is 12.4. The van der Waals surface area contributed by atoms with E-state index in [2.05, 4.69) is 0 Å². The van der Waals surface area contributed by atoms with Gasteiger partial charge in [-0.1, -0.05) is 12.1 Å². The smallest absolute Gasteiger partial charge is 0.410 e. The molecule has 1 aromatic carbocycles. The summed E-state index contributed by atoms with van der Waals surface area (Å²) in [5, 5.41) is 9.92. The molecule has 3 radical (unpaired) electrons. The predicted octanol–water partition coefficient (Wildman–Crippen LogP) is 2.94. The highest BCUT2D eigenvalue weighted by atomic mass is 16.6. The Hall–Kier alpha value is -1.79. The molecule has 1 heterocycles. The van der Waals surface area contributed by atoms with E-state index in [9.17, 15) is 9.90 Å². The molecule has 2 rings (SSSR count). The van der Waals surface area contributed by atoms with Crippen LogP contribution >= 0.6 is 0 Å². The Bertz CT molecular complexity index is 554. The number of hydrogen-bond donors (Lipinski definition) is 1. The van der Waals surface area contributed by atoms with Crippen molar-refractivity contribution >= 4 is 6.09 Å². The Morgan fingerprint density at radius 1 is 1.28 bits per heavy atom. The van der Waals surface area contributed by atoms with Crippen molar-refractivity contribution in [3.63, 3.8) is 0 Å².